The van der Waals surface area contributed by atoms with Gasteiger partial charge < -0.3 is 0 Å². The van der Waals surface area contributed by atoms with E-state index in [9.17, 15) is 4.79 Å². The van der Waals surface area contributed by atoms with Crippen LogP contribution in [0.4, 0.5) is 0 Å². The van der Waals surface area contributed by atoms with Crippen LogP contribution in [0.25, 0.3) is 0 Å². The molecule has 1 rings (SSSR count). The van der Waals surface area contributed by atoms with E-state index in [1.165, 1.54) is 31.2 Å². The zero-order chi connectivity index (χ0) is 12.7. The summed E-state index contributed by atoms with van der Waals surface area (Å²) in [5.41, 5.74) is 1.99. The van der Waals surface area contributed by atoms with Crippen LogP contribution in [-0.2, 0) is 0 Å². The van der Waals surface area contributed by atoms with Gasteiger partial charge in [-0.1, -0.05) is 63.8 Å². The average molecular weight is 297 g/mol. The van der Waals surface area contributed by atoms with Crippen molar-refractivity contribution in [1.29, 1.82) is 0 Å². The molecule has 0 N–H and O–H groups in total. The normalized spacial score (nSPS) is 12.4. The molecule has 17 heavy (non-hydrogen) atoms. The maximum Gasteiger partial charge on any atom is 0.228 e. The number of halogens is 1. The maximum atomic E-state index is 11.5. The molecule has 1 atom stereocenters. The molecule has 1 unspecified atom stereocenters. The van der Waals surface area contributed by atoms with E-state index >= 15 is 0 Å². The number of unbranched alkanes of at least 4 members (excludes halogenated alkanes) is 3. The Balaban J connectivity index is 2.62. The van der Waals surface area contributed by atoms with E-state index in [0.717, 1.165) is 12.0 Å². The number of hydrogen-bond acceptors (Lipinski definition) is 1. The van der Waals surface area contributed by atoms with Crippen LogP contribution in [0, 0.1) is 0 Å². The Hall–Kier alpha value is -0.630. The van der Waals surface area contributed by atoms with Crippen molar-refractivity contribution in [3.05, 3.63) is 35.4 Å². The predicted molar refractivity (Wildman–Crippen MR) is 76.9 cm³/mol. The van der Waals surface area contributed by atoms with E-state index in [4.69, 9.17) is 0 Å². The summed E-state index contributed by atoms with van der Waals surface area (Å²) in [6, 6.07) is 7.90. The van der Waals surface area contributed by atoms with Crippen LogP contribution in [0.3, 0.4) is 0 Å². The Morgan fingerprint density at radius 2 is 1.94 bits per heavy atom. The van der Waals surface area contributed by atoms with E-state index in [2.05, 4.69) is 35.8 Å². The Morgan fingerprint density at radius 1 is 1.24 bits per heavy atom. The van der Waals surface area contributed by atoms with Gasteiger partial charge in [0.1, 0.15) is 0 Å². The summed E-state index contributed by atoms with van der Waals surface area (Å²) in [4.78, 5) is 11.5. The summed E-state index contributed by atoms with van der Waals surface area (Å²) in [6.45, 7) is 4.43. The third kappa shape index (κ3) is 4.63. The molecule has 0 saturated heterocycles. The second-order valence-corrected chi connectivity index (χ2v) is 5.33. The number of rotatable bonds is 7. The SMILES string of the molecule is CCCCCCC(C)c1ccccc1C(=O)Br. The van der Waals surface area contributed by atoms with Gasteiger partial charge in [0.15, 0.2) is 0 Å². The van der Waals surface area contributed by atoms with Crippen molar-refractivity contribution in [2.45, 2.75) is 51.9 Å². The first-order chi connectivity index (χ1) is 8.16. The molecule has 0 heterocycles. The summed E-state index contributed by atoms with van der Waals surface area (Å²) in [6.07, 6.45) is 6.29. The van der Waals surface area contributed by atoms with Gasteiger partial charge in [-0.05, 0) is 33.8 Å². The number of hydrogen-bond donors (Lipinski definition) is 0. The fourth-order valence-corrected chi connectivity index (χ4v) is 2.50. The molecule has 1 aromatic carbocycles. The Kier molecular flexibility index (Phi) is 6.49. The minimum atomic E-state index is -0.00601. The van der Waals surface area contributed by atoms with Crippen LogP contribution in [-0.4, -0.2) is 4.69 Å². The van der Waals surface area contributed by atoms with Gasteiger partial charge in [0.05, 0.1) is 0 Å². The number of carbonyl (C=O) groups excluding carboxylic acids is 1. The van der Waals surface area contributed by atoms with Crippen molar-refractivity contribution in [3.8, 4) is 0 Å². The van der Waals surface area contributed by atoms with E-state index in [-0.39, 0.29) is 4.69 Å². The molecule has 1 nitrogen and oxygen atoms in total. The van der Waals surface area contributed by atoms with E-state index in [1.54, 1.807) is 0 Å². The lowest BCUT2D eigenvalue weighted by Gasteiger charge is -2.14. The average Bonchev–Trinajstić information content (AvgIpc) is 2.34. The first kappa shape index (κ1) is 14.4. The Morgan fingerprint density at radius 3 is 2.59 bits per heavy atom. The molecule has 0 saturated carbocycles. The zero-order valence-electron chi connectivity index (χ0n) is 10.7. The fourth-order valence-electron chi connectivity index (χ4n) is 2.14. The minimum Gasteiger partial charge on any atom is -0.281 e. The monoisotopic (exact) mass is 296 g/mol. The van der Waals surface area contributed by atoms with Crippen molar-refractivity contribution < 1.29 is 4.79 Å². The zero-order valence-corrected chi connectivity index (χ0v) is 12.3. The number of benzene rings is 1. The van der Waals surface area contributed by atoms with Crippen LogP contribution in [0.1, 0.15) is 67.8 Å². The van der Waals surface area contributed by atoms with Gasteiger partial charge in [0.25, 0.3) is 0 Å². The van der Waals surface area contributed by atoms with Crippen LogP contribution in [0.5, 0.6) is 0 Å². The van der Waals surface area contributed by atoms with Crippen molar-refractivity contribution in [2.75, 3.05) is 0 Å². The maximum absolute atomic E-state index is 11.5. The third-order valence-corrected chi connectivity index (χ3v) is 3.62. The lowest BCUT2D eigenvalue weighted by molar-refractivity contribution is 0.109. The first-order valence-corrected chi connectivity index (χ1v) is 7.24. The molecular formula is C15H21BrO. The molecule has 0 radical (unpaired) electrons. The summed E-state index contributed by atoms with van der Waals surface area (Å²) < 4.78 is -0.00601. The highest BCUT2D eigenvalue weighted by Crippen LogP contribution is 2.26. The van der Waals surface area contributed by atoms with Crippen LogP contribution in [0.15, 0.2) is 24.3 Å². The number of carbonyl (C=O) groups is 1. The predicted octanol–water partition coefficient (Wildman–Crippen LogP) is 5.30. The summed E-state index contributed by atoms with van der Waals surface area (Å²) in [5, 5.41) is 0. The highest BCUT2D eigenvalue weighted by atomic mass is 79.9. The molecule has 0 aliphatic rings. The van der Waals surface area contributed by atoms with Crippen molar-refractivity contribution in [1.82, 2.24) is 0 Å². The van der Waals surface area contributed by atoms with Gasteiger partial charge in [0.2, 0.25) is 4.69 Å². The van der Waals surface area contributed by atoms with Crippen molar-refractivity contribution in [2.24, 2.45) is 0 Å². The molecule has 0 aliphatic heterocycles. The topological polar surface area (TPSA) is 17.1 Å². The Bertz CT molecular complexity index is 360. The quantitative estimate of drug-likeness (QED) is 0.493. The first-order valence-electron chi connectivity index (χ1n) is 6.45. The van der Waals surface area contributed by atoms with Crippen molar-refractivity contribution in [3.63, 3.8) is 0 Å². The molecule has 0 spiro atoms. The smallest absolute Gasteiger partial charge is 0.228 e. The minimum absolute atomic E-state index is 0.00601. The van der Waals surface area contributed by atoms with Gasteiger partial charge in [-0.2, -0.15) is 0 Å². The van der Waals surface area contributed by atoms with E-state index < -0.39 is 0 Å². The summed E-state index contributed by atoms with van der Waals surface area (Å²) in [5.74, 6) is 0.463. The molecular weight excluding hydrogens is 276 g/mol. The molecule has 0 amide bonds. The van der Waals surface area contributed by atoms with Gasteiger partial charge in [-0.15, -0.1) is 0 Å². The highest BCUT2D eigenvalue weighted by Gasteiger charge is 2.13. The molecule has 0 aliphatic carbocycles. The van der Waals surface area contributed by atoms with Crippen LogP contribution in [0.2, 0.25) is 0 Å². The molecule has 94 valence electrons. The standard InChI is InChI=1S/C15H21BrO/c1-3-4-5-6-9-12(2)13-10-7-8-11-14(13)15(16)17/h7-8,10-12H,3-6,9H2,1-2H3. The van der Waals surface area contributed by atoms with E-state index in [1.807, 2.05) is 18.2 Å². The van der Waals surface area contributed by atoms with Crippen molar-refractivity contribution >= 4 is 20.6 Å². The largest absolute Gasteiger partial charge is 0.281 e. The second kappa shape index (κ2) is 7.65. The molecule has 2 heteroatoms. The molecule has 0 bridgehead atoms. The lowest BCUT2D eigenvalue weighted by atomic mass is 9.91. The highest BCUT2D eigenvalue weighted by molar-refractivity contribution is 9.18. The Labute approximate surface area is 113 Å². The summed E-state index contributed by atoms with van der Waals surface area (Å²) >= 11 is 3.06. The second-order valence-electron chi connectivity index (χ2n) is 4.61. The van der Waals surface area contributed by atoms with Gasteiger partial charge in [-0.25, -0.2) is 0 Å². The molecule has 0 fully saturated rings. The van der Waals surface area contributed by atoms with Gasteiger partial charge >= 0.3 is 0 Å². The molecule has 0 aromatic heterocycles. The van der Waals surface area contributed by atoms with Gasteiger partial charge in [0, 0.05) is 5.56 Å². The third-order valence-electron chi connectivity index (χ3n) is 3.19. The summed E-state index contributed by atoms with van der Waals surface area (Å²) in [7, 11) is 0. The van der Waals surface area contributed by atoms with Gasteiger partial charge in [-0.3, -0.25) is 4.79 Å². The van der Waals surface area contributed by atoms with Crippen LogP contribution < -0.4 is 0 Å². The fraction of sp³-hybridized carbons (Fsp3) is 0.533. The lowest BCUT2D eigenvalue weighted by Crippen LogP contribution is -2.01. The van der Waals surface area contributed by atoms with Crippen LogP contribution >= 0.6 is 15.9 Å². The molecule has 1 aromatic rings. The van der Waals surface area contributed by atoms with E-state index in [0.29, 0.717) is 5.92 Å².